The average molecular weight is 361 g/mol. The number of hydrogen-bond acceptors (Lipinski definition) is 4. The van der Waals surface area contributed by atoms with Crippen LogP contribution in [0, 0.1) is 11.8 Å². The van der Waals surface area contributed by atoms with Gasteiger partial charge in [-0.05, 0) is 25.1 Å². The van der Waals surface area contributed by atoms with Gasteiger partial charge in [-0.2, -0.15) is 0 Å². The number of fused-ring (bicyclic) bond motifs is 3. The molecule has 1 aliphatic rings. The fourth-order valence-corrected chi connectivity index (χ4v) is 2.27. The van der Waals surface area contributed by atoms with Crippen LogP contribution in [-0.4, -0.2) is 40.5 Å². The van der Waals surface area contributed by atoms with E-state index in [9.17, 15) is 14.3 Å². The van der Waals surface area contributed by atoms with Gasteiger partial charge in [0.15, 0.2) is 0 Å². The first kappa shape index (κ1) is 21.2. The number of alkyl halides is 1. The molecule has 0 saturated carbocycles. The first-order valence-corrected chi connectivity index (χ1v) is 8.26. The van der Waals surface area contributed by atoms with Crippen molar-refractivity contribution in [3.05, 3.63) is 35.7 Å². The summed E-state index contributed by atoms with van der Waals surface area (Å²) in [6.45, 7) is 6.66. The fraction of sp³-hybridized carbons (Fsp3) is 0.368. The normalized spacial score (nSPS) is 12.1. The largest absolute Gasteiger partial charge is 0.491 e. The Labute approximate surface area is 152 Å². The van der Waals surface area contributed by atoms with Crippen molar-refractivity contribution in [1.29, 1.82) is 0 Å². The number of nitrogens with zero attached hydrogens (tertiary/aromatic N) is 2. The van der Waals surface area contributed by atoms with E-state index in [2.05, 4.69) is 16.8 Å². The van der Waals surface area contributed by atoms with Gasteiger partial charge in [-0.1, -0.05) is 25.7 Å². The number of carbonyl (C=O) groups is 1. The van der Waals surface area contributed by atoms with Gasteiger partial charge in [0, 0.05) is 11.8 Å². The monoisotopic (exact) mass is 361 g/mol. The summed E-state index contributed by atoms with van der Waals surface area (Å²) in [6, 6.07) is 5.47. The molecule has 0 fully saturated rings. The zero-order chi connectivity index (χ0) is 19.7. The van der Waals surface area contributed by atoms with E-state index in [0.29, 0.717) is 31.9 Å². The summed E-state index contributed by atoms with van der Waals surface area (Å²) < 4.78 is 17.0. The molecule has 140 valence electrons. The van der Waals surface area contributed by atoms with Crippen LogP contribution in [0.2, 0.25) is 0 Å². The molecule has 1 aromatic carbocycles. The van der Waals surface area contributed by atoms with Crippen LogP contribution in [-0.2, 0) is 6.54 Å². The van der Waals surface area contributed by atoms with Crippen LogP contribution >= 0.6 is 0 Å². The Morgan fingerprint density at radius 2 is 2.12 bits per heavy atom. The quantitative estimate of drug-likeness (QED) is 0.763. The molecule has 0 spiro atoms. The Bertz CT molecular complexity index is 804. The number of benzene rings is 1. The third kappa shape index (κ3) is 5.07. The highest BCUT2D eigenvalue weighted by Crippen LogP contribution is 2.32. The van der Waals surface area contributed by atoms with Crippen LogP contribution < -0.4 is 10.5 Å². The number of amides is 1. The van der Waals surface area contributed by atoms with Crippen molar-refractivity contribution in [2.24, 2.45) is 5.73 Å². The number of primary amides is 1. The Balaban J connectivity index is 0.000000791. The van der Waals surface area contributed by atoms with E-state index in [0.717, 1.165) is 11.1 Å². The lowest BCUT2D eigenvalue weighted by Crippen LogP contribution is -2.11. The number of rotatable bonds is 1. The molecule has 26 heavy (non-hydrogen) atoms. The Kier molecular flexibility index (Phi) is 8.32. The van der Waals surface area contributed by atoms with Gasteiger partial charge in [-0.15, -0.1) is 0 Å². The maximum atomic E-state index is 11.3. The Morgan fingerprint density at radius 1 is 1.42 bits per heavy atom. The molecule has 2 aromatic rings. The van der Waals surface area contributed by atoms with Crippen LogP contribution in [0.3, 0.4) is 0 Å². The first-order valence-electron chi connectivity index (χ1n) is 8.26. The molecule has 3 N–H and O–H groups in total. The highest BCUT2D eigenvalue weighted by atomic mass is 19.1. The summed E-state index contributed by atoms with van der Waals surface area (Å²) in [6.07, 6.45) is 0.933. The zero-order valence-corrected chi connectivity index (χ0v) is 15.4. The molecular weight excluding hydrogens is 337 g/mol. The molecule has 0 aliphatic carbocycles. The van der Waals surface area contributed by atoms with E-state index >= 15 is 0 Å². The van der Waals surface area contributed by atoms with Crippen molar-refractivity contribution in [1.82, 2.24) is 9.55 Å². The number of imidazole rings is 1. The summed E-state index contributed by atoms with van der Waals surface area (Å²) in [5.41, 5.74) is 7.01. The van der Waals surface area contributed by atoms with Gasteiger partial charge in [0.05, 0.1) is 19.3 Å². The summed E-state index contributed by atoms with van der Waals surface area (Å²) in [7, 11) is 0.500. The molecule has 0 saturated heterocycles. The maximum absolute atomic E-state index is 11.3. The van der Waals surface area contributed by atoms with Crippen LogP contribution in [0.25, 0.3) is 11.4 Å². The highest BCUT2D eigenvalue weighted by Gasteiger charge is 2.20. The zero-order valence-electron chi connectivity index (χ0n) is 15.4. The molecule has 0 bridgehead atoms. The predicted octanol–water partition coefficient (Wildman–Crippen LogP) is 2.39. The van der Waals surface area contributed by atoms with Crippen molar-refractivity contribution in [3.63, 3.8) is 0 Å². The highest BCUT2D eigenvalue weighted by molar-refractivity contribution is 5.91. The number of halogens is 1. The number of hydrogen-bond donors (Lipinski definition) is 2. The van der Waals surface area contributed by atoms with E-state index in [4.69, 9.17) is 10.5 Å². The smallest absolute Gasteiger partial charge is 0.268 e. The Morgan fingerprint density at radius 3 is 2.73 bits per heavy atom. The maximum Gasteiger partial charge on any atom is 0.268 e. The number of aliphatic hydroxyl groups is 1. The summed E-state index contributed by atoms with van der Waals surface area (Å²) in [5, 5.41) is 9.25. The van der Waals surface area contributed by atoms with Gasteiger partial charge in [-0.3, -0.25) is 9.18 Å². The lowest BCUT2D eigenvalue weighted by atomic mass is 10.1. The van der Waals surface area contributed by atoms with E-state index in [1.54, 1.807) is 13.1 Å². The van der Waals surface area contributed by atoms with Crippen LogP contribution in [0.4, 0.5) is 4.39 Å². The second-order valence-corrected chi connectivity index (χ2v) is 5.01. The van der Waals surface area contributed by atoms with Gasteiger partial charge in [0.25, 0.3) is 5.91 Å². The number of aromatic nitrogens is 2. The molecule has 1 aliphatic heterocycles. The number of nitrogens with two attached hydrogens (primary N) is 1. The molecule has 1 atom stereocenters. The third-order valence-corrected chi connectivity index (χ3v) is 3.26. The van der Waals surface area contributed by atoms with Gasteiger partial charge < -0.3 is 20.1 Å². The first-order chi connectivity index (χ1) is 12.5. The molecule has 0 radical (unpaired) electrons. The lowest BCUT2D eigenvalue weighted by molar-refractivity contribution is 0.0996. The van der Waals surface area contributed by atoms with Gasteiger partial charge in [0.2, 0.25) is 0 Å². The molecule has 3 rings (SSSR count). The summed E-state index contributed by atoms with van der Waals surface area (Å²) in [4.78, 5) is 15.6. The minimum absolute atomic E-state index is 0.225. The minimum atomic E-state index is -0.696. The van der Waals surface area contributed by atoms with Crippen LogP contribution in [0.15, 0.2) is 24.4 Å². The lowest BCUT2D eigenvalue weighted by Gasteiger charge is -2.06. The fourth-order valence-electron chi connectivity index (χ4n) is 2.27. The minimum Gasteiger partial charge on any atom is -0.491 e. The standard InChI is InChI=1S/C16H15N3O3.C2H6.CH3F/c1-10(20)2-3-11-4-5-14-12(8-11)16-18-13(15(17)21)9-19(16)6-7-22-14;2*1-2/h4-5,8-10,20H,6-7H2,1H3,(H2,17,21);1-2H3;1H3. The molecule has 6 nitrogen and oxygen atoms in total. The summed E-state index contributed by atoms with van der Waals surface area (Å²) in [5.74, 6) is 6.33. The SMILES string of the molecule is CC.CC(O)C#Cc1ccc2c(c1)-c1nc(C(N)=O)cn1CCO2.CF. The second-order valence-electron chi connectivity index (χ2n) is 5.01. The van der Waals surface area contributed by atoms with Crippen molar-refractivity contribution in [2.45, 2.75) is 33.4 Å². The molecule has 2 heterocycles. The number of carbonyl (C=O) groups excluding carboxylic acids is 1. The number of ether oxygens (including phenoxy) is 1. The number of aliphatic hydroxyl groups excluding tert-OH is 1. The van der Waals surface area contributed by atoms with Crippen molar-refractivity contribution >= 4 is 5.91 Å². The van der Waals surface area contributed by atoms with E-state index in [1.165, 1.54) is 0 Å². The third-order valence-electron chi connectivity index (χ3n) is 3.26. The van der Waals surface area contributed by atoms with Crippen molar-refractivity contribution in [2.75, 3.05) is 13.8 Å². The Hall–Kier alpha value is -2.85. The second kappa shape index (κ2) is 10.2. The molecule has 1 unspecified atom stereocenters. The molecule has 7 heteroatoms. The molecule has 1 aromatic heterocycles. The van der Waals surface area contributed by atoms with E-state index in [-0.39, 0.29) is 5.69 Å². The van der Waals surface area contributed by atoms with Crippen LogP contribution in [0.5, 0.6) is 5.75 Å². The van der Waals surface area contributed by atoms with Crippen molar-refractivity contribution < 1.29 is 19.0 Å². The van der Waals surface area contributed by atoms with Gasteiger partial charge >= 0.3 is 0 Å². The van der Waals surface area contributed by atoms with Gasteiger partial charge in [-0.25, -0.2) is 4.98 Å². The average Bonchev–Trinajstić information content (AvgIpc) is 3.01. The predicted molar refractivity (Wildman–Crippen MR) is 98.6 cm³/mol. The molecular formula is C19H24FN3O3. The van der Waals surface area contributed by atoms with Gasteiger partial charge in [0.1, 0.15) is 30.0 Å². The summed E-state index contributed by atoms with van der Waals surface area (Å²) >= 11 is 0. The van der Waals surface area contributed by atoms with Crippen LogP contribution in [0.1, 0.15) is 36.8 Å². The van der Waals surface area contributed by atoms with Crippen molar-refractivity contribution in [3.8, 4) is 29.0 Å². The van der Waals surface area contributed by atoms with E-state index < -0.39 is 12.0 Å². The molecule has 1 amide bonds. The topological polar surface area (TPSA) is 90.4 Å². The van der Waals surface area contributed by atoms with E-state index in [1.807, 2.05) is 36.6 Å².